The Morgan fingerprint density at radius 2 is 1.66 bits per heavy atom. The molecule has 0 bridgehead atoms. The molecule has 144 valence electrons. The van der Waals surface area contributed by atoms with Crippen LogP contribution in [-0.2, 0) is 11.2 Å². The largest absolute Gasteiger partial charge is 0.480 e. The first kappa shape index (κ1) is 19.1. The van der Waals surface area contributed by atoms with E-state index in [1.54, 1.807) is 0 Å². The Labute approximate surface area is 176 Å². The molecular formula is C23H18BrN3O2. The molecule has 1 atom stereocenters. The van der Waals surface area contributed by atoms with E-state index < -0.39 is 12.0 Å². The SMILES string of the molecule is O=C(O)C(Cc1ccccc1)Nc1nc(-c2ccccc2)c2cc(Br)ccc2n1. The number of hydrogen-bond donors (Lipinski definition) is 2. The van der Waals surface area contributed by atoms with E-state index in [0.717, 1.165) is 32.2 Å². The lowest BCUT2D eigenvalue weighted by atomic mass is 10.1. The molecule has 2 N–H and O–H groups in total. The first-order chi connectivity index (χ1) is 14.1. The number of carboxylic acids is 1. The van der Waals surface area contributed by atoms with Gasteiger partial charge in [-0.2, -0.15) is 0 Å². The second kappa shape index (κ2) is 8.41. The lowest BCUT2D eigenvalue weighted by molar-refractivity contribution is -0.137. The van der Waals surface area contributed by atoms with Crippen molar-refractivity contribution in [3.05, 3.63) is 88.9 Å². The van der Waals surface area contributed by atoms with Crippen molar-refractivity contribution in [3.63, 3.8) is 0 Å². The van der Waals surface area contributed by atoms with Crippen LogP contribution in [0.1, 0.15) is 5.56 Å². The number of anilines is 1. The Hall–Kier alpha value is -3.25. The van der Waals surface area contributed by atoms with Crippen molar-refractivity contribution >= 4 is 38.8 Å². The summed E-state index contributed by atoms with van der Waals surface area (Å²) in [7, 11) is 0. The average Bonchev–Trinajstić information content (AvgIpc) is 2.74. The fourth-order valence-electron chi connectivity index (χ4n) is 3.19. The van der Waals surface area contributed by atoms with Gasteiger partial charge in [0.05, 0.1) is 11.2 Å². The van der Waals surface area contributed by atoms with E-state index in [2.05, 4.69) is 31.2 Å². The zero-order valence-corrected chi connectivity index (χ0v) is 17.0. The molecule has 0 saturated heterocycles. The number of fused-ring (bicyclic) bond motifs is 1. The highest BCUT2D eigenvalue weighted by atomic mass is 79.9. The van der Waals surface area contributed by atoms with Crippen molar-refractivity contribution in [1.29, 1.82) is 0 Å². The third-order valence-electron chi connectivity index (χ3n) is 4.59. The van der Waals surface area contributed by atoms with Gasteiger partial charge in [0.2, 0.25) is 5.95 Å². The summed E-state index contributed by atoms with van der Waals surface area (Å²) in [6.07, 6.45) is 0.332. The Bertz CT molecular complexity index is 1150. The maximum absolute atomic E-state index is 11.8. The van der Waals surface area contributed by atoms with E-state index in [1.165, 1.54) is 0 Å². The third kappa shape index (κ3) is 4.43. The maximum Gasteiger partial charge on any atom is 0.326 e. The molecule has 4 rings (SSSR count). The van der Waals surface area contributed by atoms with Crippen LogP contribution in [0, 0.1) is 0 Å². The van der Waals surface area contributed by atoms with Crippen LogP contribution in [0.15, 0.2) is 83.3 Å². The molecule has 0 amide bonds. The highest BCUT2D eigenvalue weighted by Crippen LogP contribution is 2.29. The molecule has 0 aliphatic rings. The first-order valence-electron chi connectivity index (χ1n) is 9.16. The number of nitrogens with one attached hydrogen (secondary N) is 1. The van der Waals surface area contributed by atoms with Crippen LogP contribution in [0.5, 0.6) is 0 Å². The van der Waals surface area contributed by atoms with Gasteiger partial charge in [0.25, 0.3) is 0 Å². The molecule has 0 radical (unpaired) electrons. The summed E-state index contributed by atoms with van der Waals surface area (Å²) in [6.45, 7) is 0. The molecule has 1 aromatic heterocycles. The summed E-state index contributed by atoms with van der Waals surface area (Å²) < 4.78 is 0.930. The van der Waals surface area contributed by atoms with Gasteiger partial charge in [-0.3, -0.25) is 0 Å². The molecule has 0 aliphatic carbocycles. The molecule has 29 heavy (non-hydrogen) atoms. The monoisotopic (exact) mass is 447 g/mol. The summed E-state index contributed by atoms with van der Waals surface area (Å²) in [6, 6.07) is 24.2. The van der Waals surface area contributed by atoms with E-state index in [9.17, 15) is 9.90 Å². The van der Waals surface area contributed by atoms with Crippen LogP contribution < -0.4 is 5.32 Å². The minimum absolute atomic E-state index is 0.294. The molecular weight excluding hydrogens is 430 g/mol. The second-order valence-electron chi connectivity index (χ2n) is 6.65. The van der Waals surface area contributed by atoms with Crippen molar-refractivity contribution in [2.75, 3.05) is 5.32 Å². The highest BCUT2D eigenvalue weighted by Gasteiger charge is 2.20. The highest BCUT2D eigenvalue weighted by molar-refractivity contribution is 9.10. The van der Waals surface area contributed by atoms with E-state index in [4.69, 9.17) is 0 Å². The number of nitrogens with zero attached hydrogens (tertiary/aromatic N) is 2. The van der Waals surface area contributed by atoms with Gasteiger partial charge in [-0.25, -0.2) is 14.8 Å². The molecule has 5 nitrogen and oxygen atoms in total. The number of carboxylic acid groups (broad SMARTS) is 1. The van der Waals surface area contributed by atoms with Crippen LogP contribution in [0.3, 0.4) is 0 Å². The minimum atomic E-state index is -0.949. The number of halogens is 1. The fraction of sp³-hybridized carbons (Fsp3) is 0.0870. The van der Waals surface area contributed by atoms with Crippen LogP contribution in [0.2, 0.25) is 0 Å². The summed E-state index contributed by atoms with van der Waals surface area (Å²) >= 11 is 3.51. The summed E-state index contributed by atoms with van der Waals surface area (Å²) in [5, 5.41) is 13.6. The van der Waals surface area contributed by atoms with Gasteiger partial charge in [0.1, 0.15) is 6.04 Å². The maximum atomic E-state index is 11.8. The average molecular weight is 448 g/mol. The van der Waals surface area contributed by atoms with Crippen molar-refractivity contribution in [3.8, 4) is 11.3 Å². The van der Waals surface area contributed by atoms with E-state index in [1.807, 2.05) is 78.9 Å². The summed E-state index contributed by atoms with van der Waals surface area (Å²) in [5.41, 5.74) is 3.37. The van der Waals surface area contributed by atoms with Gasteiger partial charge in [0, 0.05) is 21.8 Å². The molecule has 1 heterocycles. The first-order valence-corrected chi connectivity index (χ1v) is 9.95. The number of aliphatic carboxylic acids is 1. The Morgan fingerprint density at radius 1 is 0.966 bits per heavy atom. The van der Waals surface area contributed by atoms with E-state index in [0.29, 0.717) is 12.4 Å². The molecule has 6 heteroatoms. The van der Waals surface area contributed by atoms with Crippen molar-refractivity contribution in [1.82, 2.24) is 9.97 Å². The van der Waals surface area contributed by atoms with Crippen LogP contribution in [0.25, 0.3) is 22.2 Å². The van der Waals surface area contributed by atoms with Crippen molar-refractivity contribution in [2.24, 2.45) is 0 Å². The van der Waals surface area contributed by atoms with Gasteiger partial charge < -0.3 is 10.4 Å². The van der Waals surface area contributed by atoms with E-state index >= 15 is 0 Å². The molecule has 4 aromatic rings. The van der Waals surface area contributed by atoms with Crippen LogP contribution in [-0.4, -0.2) is 27.1 Å². The predicted octanol–water partition coefficient (Wildman–Crippen LogP) is 5.17. The minimum Gasteiger partial charge on any atom is -0.480 e. The number of benzene rings is 3. The standard InChI is InChI=1S/C23H18BrN3O2/c24-17-11-12-19-18(14-17)21(16-9-5-2-6-10-16)27-23(25-19)26-20(22(28)29)13-15-7-3-1-4-8-15/h1-12,14,20H,13H2,(H,28,29)(H,25,26,27). The lowest BCUT2D eigenvalue weighted by Gasteiger charge is -2.16. The molecule has 0 fully saturated rings. The number of carbonyl (C=O) groups is 1. The molecule has 1 unspecified atom stereocenters. The topological polar surface area (TPSA) is 75.1 Å². The number of rotatable bonds is 6. The van der Waals surface area contributed by atoms with Gasteiger partial charge >= 0.3 is 5.97 Å². The molecule has 0 spiro atoms. The predicted molar refractivity (Wildman–Crippen MR) is 118 cm³/mol. The van der Waals surface area contributed by atoms with Gasteiger partial charge in [-0.1, -0.05) is 76.6 Å². The summed E-state index contributed by atoms with van der Waals surface area (Å²) in [5.74, 6) is -0.656. The number of aromatic nitrogens is 2. The zero-order chi connectivity index (χ0) is 20.2. The molecule has 0 saturated carbocycles. The van der Waals surface area contributed by atoms with Crippen molar-refractivity contribution < 1.29 is 9.90 Å². The fourth-order valence-corrected chi connectivity index (χ4v) is 3.55. The van der Waals surface area contributed by atoms with Crippen molar-refractivity contribution in [2.45, 2.75) is 12.5 Å². The Kier molecular flexibility index (Phi) is 5.53. The zero-order valence-electron chi connectivity index (χ0n) is 15.4. The normalized spacial score (nSPS) is 11.9. The van der Waals surface area contributed by atoms with Gasteiger partial charge in [-0.15, -0.1) is 0 Å². The number of hydrogen-bond acceptors (Lipinski definition) is 4. The quantitative estimate of drug-likeness (QED) is 0.426. The van der Waals surface area contributed by atoms with Gasteiger partial charge in [-0.05, 0) is 23.8 Å². The van der Waals surface area contributed by atoms with Crippen LogP contribution >= 0.6 is 15.9 Å². The second-order valence-corrected chi connectivity index (χ2v) is 7.56. The smallest absolute Gasteiger partial charge is 0.326 e. The molecule has 0 aliphatic heterocycles. The summed E-state index contributed by atoms with van der Waals surface area (Å²) in [4.78, 5) is 21.1. The van der Waals surface area contributed by atoms with E-state index in [-0.39, 0.29) is 0 Å². The third-order valence-corrected chi connectivity index (χ3v) is 5.08. The Morgan fingerprint density at radius 3 is 2.34 bits per heavy atom. The Balaban J connectivity index is 1.75. The molecule has 3 aromatic carbocycles. The lowest BCUT2D eigenvalue weighted by Crippen LogP contribution is -2.32. The van der Waals surface area contributed by atoms with Crippen LogP contribution in [0.4, 0.5) is 5.95 Å². The van der Waals surface area contributed by atoms with Gasteiger partial charge in [0.15, 0.2) is 0 Å².